The first-order valence-corrected chi connectivity index (χ1v) is 5.89. The van der Waals surface area contributed by atoms with Crippen LogP contribution in [-0.2, 0) is 14.8 Å². The third-order valence-electron chi connectivity index (χ3n) is 1.78. The fraction of sp³-hybridized carbons (Fsp3) is 0.222. The average molecular weight is 265 g/mol. The van der Waals surface area contributed by atoms with Crippen LogP contribution in [0.2, 0.25) is 0 Å². The highest BCUT2D eigenvalue weighted by atomic mass is 32.2. The van der Waals surface area contributed by atoms with E-state index in [9.17, 15) is 22.0 Å². The van der Waals surface area contributed by atoms with E-state index in [0.717, 1.165) is 13.2 Å². The van der Waals surface area contributed by atoms with Crippen LogP contribution in [0.4, 0.5) is 14.5 Å². The zero-order valence-corrected chi connectivity index (χ0v) is 9.50. The quantitative estimate of drug-likeness (QED) is 0.836. The molecule has 0 aromatic heterocycles. The highest BCUT2D eigenvalue weighted by Gasteiger charge is 2.23. The van der Waals surface area contributed by atoms with Crippen molar-refractivity contribution in [3.63, 3.8) is 0 Å². The molecule has 8 heteroatoms. The van der Waals surface area contributed by atoms with Crippen LogP contribution in [0.1, 0.15) is 10.4 Å². The van der Waals surface area contributed by atoms with Crippen molar-refractivity contribution in [1.82, 2.24) is 0 Å². The Hall–Kier alpha value is -1.70. The van der Waals surface area contributed by atoms with Gasteiger partial charge in [-0.25, -0.2) is 13.2 Å². The van der Waals surface area contributed by atoms with E-state index < -0.39 is 21.8 Å². The van der Waals surface area contributed by atoms with Crippen molar-refractivity contribution < 1.29 is 26.7 Å². The fourth-order valence-corrected chi connectivity index (χ4v) is 1.58. The van der Waals surface area contributed by atoms with Gasteiger partial charge in [-0.2, -0.15) is 8.78 Å². The molecular weight excluding hydrogens is 256 g/mol. The number of esters is 1. The van der Waals surface area contributed by atoms with Gasteiger partial charge < -0.3 is 4.74 Å². The summed E-state index contributed by atoms with van der Waals surface area (Å²) in [4.78, 5) is 11.1. The third-order valence-corrected chi connectivity index (χ3v) is 2.77. The number of hydrogen-bond donors (Lipinski definition) is 1. The van der Waals surface area contributed by atoms with Crippen molar-refractivity contribution in [2.24, 2.45) is 0 Å². The molecule has 0 atom stereocenters. The van der Waals surface area contributed by atoms with E-state index in [1.54, 1.807) is 4.72 Å². The Balaban J connectivity index is 2.98. The van der Waals surface area contributed by atoms with Gasteiger partial charge in [-0.1, -0.05) is 6.07 Å². The SMILES string of the molecule is COC(=O)c1cccc(NS(=O)(=O)C(F)F)c1. The molecule has 0 saturated carbocycles. The molecule has 0 aliphatic heterocycles. The second-order valence-corrected chi connectivity index (χ2v) is 4.63. The molecule has 1 aromatic rings. The summed E-state index contributed by atoms with van der Waals surface area (Å²) in [5, 5.41) is 0. The Labute approximate surface area is 96.4 Å². The van der Waals surface area contributed by atoms with Gasteiger partial charge in [0, 0.05) is 5.69 Å². The lowest BCUT2D eigenvalue weighted by molar-refractivity contribution is 0.0601. The van der Waals surface area contributed by atoms with Gasteiger partial charge in [-0.05, 0) is 18.2 Å². The lowest BCUT2D eigenvalue weighted by Gasteiger charge is -2.07. The van der Waals surface area contributed by atoms with E-state index in [1.165, 1.54) is 18.2 Å². The molecule has 1 aromatic carbocycles. The largest absolute Gasteiger partial charge is 0.465 e. The summed E-state index contributed by atoms with van der Waals surface area (Å²) in [6, 6.07) is 5.06. The zero-order valence-electron chi connectivity index (χ0n) is 8.68. The van der Waals surface area contributed by atoms with Gasteiger partial charge in [0.1, 0.15) is 0 Å². The molecule has 0 aliphatic rings. The van der Waals surface area contributed by atoms with Crippen LogP contribution >= 0.6 is 0 Å². The zero-order chi connectivity index (χ0) is 13.1. The summed E-state index contributed by atoms with van der Waals surface area (Å²) in [5.74, 6) is -4.23. The van der Waals surface area contributed by atoms with E-state index in [0.29, 0.717) is 0 Å². The molecule has 94 valence electrons. The van der Waals surface area contributed by atoms with Crippen LogP contribution in [0.3, 0.4) is 0 Å². The minimum absolute atomic E-state index is 0.0574. The number of hydrogen-bond acceptors (Lipinski definition) is 4. The van der Waals surface area contributed by atoms with Crippen LogP contribution in [0.25, 0.3) is 0 Å². The lowest BCUT2D eigenvalue weighted by Crippen LogP contribution is -2.20. The normalized spacial score (nSPS) is 11.3. The summed E-state index contributed by atoms with van der Waals surface area (Å²) in [5.41, 5.74) is -0.0739. The fourth-order valence-electron chi connectivity index (χ4n) is 1.04. The van der Waals surface area contributed by atoms with Crippen LogP contribution in [0.5, 0.6) is 0 Å². The van der Waals surface area contributed by atoms with Crippen molar-refractivity contribution in [1.29, 1.82) is 0 Å². The van der Waals surface area contributed by atoms with Gasteiger partial charge in [-0.15, -0.1) is 0 Å². The number of benzene rings is 1. The highest BCUT2D eigenvalue weighted by molar-refractivity contribution is 7.93. The van der Waals surface area contributed by atoms with Gasteiger partial charge >= 0.3 is 11.7 Å². The van der Waals surface area contributed by atoms with Crippen molar-refractivity contribution in [2.45, 2.75) is 5.76 Å². The summed E-state index contributed by atoms with van der Waals surface area (Å²) in [6.45, 7) is 0. The van der Waals surface area contributed by atoms with E-state index in [-0.39, 0.29) is 11.3 Å². The molecule has 1 rings (SSSR count). The summed E-state index contributed by atoms with van der Waals surface area (Å²) in [7, 11) is -3.58. The predicted octanol–water partition coefficient (Wildman–Crippen LogP) is 1.44. The first-order valence-electron chi connectivity index (χ1n) is 4.35. The van der Waals surface area contributed by atoms with Crippen molar-refractivity contribution in [3.05, 3.63) is 29.8 Å². The molecule has 0 heterocycles. The molecule has 0 fully saturated rings. The van der Waals surface area contributed by atoms with Crippen LogP contribution in [0.15, 0.2) is 24.3 Å². The maximum Gasteiger partial charge on any atom is 0.355 e. The molecule has 0 saturated heterocycles. The molecule has 0 radical (unpaired) electrons. The van der Waals surface area contributed by atoms with Crippen LogP contribution in [0, 0.1) is 0 Å². The van der Waals surface area contributed by atoms with E-state index in [2.05, 4.69) is 4.74 Å². The van der Waals surface area contributed by atoms with E-state index >= 15 is 0 Å². The Morgan fingerprint density at radius 2 is 2.06 bits per heavy atom. The summed E-state index contributed by atoms with van der Waals surface area (Å²) >= 11 is 0. The number of carbonyl (C=O) groups excluding carboxylic acids is 1. The first kappa shape index (κ1) is 13.4. The number of carbonyl (C=O) groups is 1. The molecule has 1 N–H and O–H groups in total. The second kappa shape index (κ2) is 5.09. The Kier molecular flexibility index (Phi) is 4.00. The monoisotopic (exact) mass is 265 g/mol. The molecule has 0 spiro atoms. The Morgan fingerprint density at radius 3 is 2.59 bits per heavy atom. The van der Waals surface area contributed by atoms with Gasteiger partial charge in [0.25, 0.3) is 10.0 Å². The van der Waals surface area contributed by atoms with Gasteiger partial charge in [0.05, 0.1) is 12.7 Å². The standard InChI is InChI=1S/C9H9F2NO4S/c1-16-8(13)6-3-2-4-7(5-6)12-17(14,15)9(10)11/h2-5,9,12H,1H3. The minimum atomic E-state index is -4.74. The number of ether oxygens (including phenoxy) is 1. The Bertz CT molecular complexity index is 515. The molecule has 0 amide bonds. The molecule has 0 bridgehead atoms. The van der Waals surface area contributed by atoms with Crippen LogP contribution < -0.4 is 4.72 Å². The maximum absolute atomic E-state index is 12.1. The topological polar surface area (TPSA) is 72.5 Å². The Morgan fingerprint density at radius 1 is 1.41 bits per heavy atom. The number of sulfonamides is 1. The maximum atomic E-state index is 12.1. The number of methoxy groups -OCH3 is 1. The van der Waals surface area contributed by atoms with Crippen LogP contribution in [-0.4, -0.2) is 27.3 Å². The molecular formula is C9H9F2NO4S. The molecule has 0 unspecified atom stereocenters. The number of nitrogens with one attached hydrogen (secondary N) is 1. The first-order chi connectivity index (χ1) is 7.86. The lowest BCUT2D eigenvalue weighted by atomic mass is 10.2. The smallest absolute Gasteiger partial charge is 0.355 e. The summed E-state index contributed by atoms with van der Waals surface area (Å²) < 4.78 is 52.0. The highest BCUT2D eigenvalue weighted by Crippen LogP contribution is 2.15. The van der Waals surface area contributed by atoms with Crippen molar-refractivity contribution >= 4 is 21.7 Å². The predicted molar refractivity (Wildman–Crippen MR) is 56.3 cm³/mol. The van der Waals surface area contributed by atoms with Crippen molar-refractivity contribution in [2.75, 3.05) is 11.8 Å². The number of alkyl halides is 2. The number of rotatable bonds is 4. The summed E-state index contributed by atoms with van der Waals surface area (Å²) in [6.07, 6.45) is 0. The number of anilines is 1. The molecule has 17 heavy (non-hydrogen) atoms. The average Bonchev–Trinajstić information content (AvgIpc) is 2.27. The minimum Gasteiger partial charge on any atom is -0.465 e. The number of halogens is 2. The molecule has 0 aliphatic carbocycles. The van der Waals surface area contributed by atoms with Crippen molar-refractivity contribution in [3.8, 4) is 0 Å². The third kappa shape index (κ3) is 3.38. The van der Waals surface area contributed by atoms with E-state index in [1.807, 2.05) is 0 Å². The van der Waals surface area contributed by atoms with Gasteiger partial charge in [0.15, 0.2) is 0 Å². The van der Waals surface area contributed by atoms with Gasteiger partial charge in [-0.3, -0.25) is 4.72 Å². The van der Waals surface area contributed by atoms with Gasteiger partial charge in [0.2, 0.25) is 0 Å². The second-order valence-electron chi connectivity index (χ2n) is 2.98. The van der Waals surface area contributed by atoms with E-state index in [4.69, 9.17) is 0 Å². The molecule has 5 nitrogen and oxygen atoms in total.